The molecule has 0 unspecified atom stereocenters. The van der Waals surface area contributed by atoms with Crippen molar-refractivity contribution in [1.29, 1.82) is 0 Å². The van der Waals surface area contributed by atoms with E-state index in [1.165, 1.54) is 4.90 Å². The number of amides is 1. The first-order valence-corrected chi connectivity index (χ1v) is 9.91. The van der Waals surface area contributed by atoms with Gasteiger partial charge in [0.1, 0.15) is 6.04 Å². The summed E-state index contributed by atoms with van der Waals surface area (Å²) in [7, 11) is 1.64. The molecular weight excluding hydrogens is 380 g/mol. The second-order valence-electron chi connectivity index (χ2n) is 7.34. The molecule has 156 valence electrons. The van der Waals surface area contributed by atoms with Gasteiger partial charge in [-0.25, -0.2) is 4.79 Å². The van der Waals surface area contributed by atoms with Gasteiger partial charge in [-0.2, -0.15) is 0 Å². The van der Waals surface area contributed by atoms with Crippen molar-refractivity contribution in [3.05, 3.63) is 77.0 Å². The molecule has 0 aliphatic heterocycles. The largest absolute Gasteiger partial charge is 0.464 e. The third kappa shape index (κ3) is 4.95. The topological polar surface area (TPSA) is 72.6 Å². The average Bonchev–Trinajstić information content (AvgIpc) is 3.25. The summed E-state index contributed by atoms with van der Waals surface area (Å²) in [6.45, 7) is 5.91. The number of aromatic nitrogens is 1. The molecule has 0 bridgehead atoms. The Morgan fingerprint density at radius 2 is 1.73 bits per heavy atom. The van der Waals surface area contributed by atoms with E-state index in [1.54, 1.807) is 26.2 Å². The van der Waals surface area contributed by atoms with Crippen molar-refractivity contribution in [2.45, 2.75) is 33.2 Å². The molecule has 0 radical (unpaired) electrons. The Kier molecular flexibility index (Phi) is 6.67. The van der Waals surface area contributed by atoms with Crippen LogP contribution in [0.4, 0.5) is 0 Å². The number of nitrogens with zero attached hydrogens (tertiary/aromatic N) is 2. The van der Waals surface area contributed by atoms with Crippen LogP contribution in [0.5, 0.6) is 0 Å². The van der Waals surface area contributed by atoms with Crippen molar-refractivity contribution in [3.63, 3.8) is 0 Å². The molecule has 6 heteroatoms. The van der Waals surface area contributed by atoms with Crippen LogP contribution in [0.15, 0.2) is 59.3 Å². The standard InChI is InChI=1S/C24H26N2O4/c1-5-29-24(28)21(26(4)23(27)20-13-16(2)12-17(3)14-20)15-18-6-8-19(9-7-18)22-10-11-25-30-22/h6-14,21H,5,15H2,1-4H3/t21-/m1/s1. The fraction of sp³-hybridized carbons (Fsp3) is 0.292. The van der Waals surface area contributed by atoms with Crippen molar-refractivity contribution in [2.75, 3.05) is 13.7 Å². The van der Waals surface area contributed by atoms with E-state index >= 15 is 0 Å². The Bertz CT molecular complexity index is 990. The number of carbonyl (C=O) groups excluding carboxylic acids is 2. The number of rotatable bonds is 7. The predicted octanol–water partition coefficient (Wildman–Crippen LogP) is 4.20. The van der Waals surface area contributed by atoms with Gasteiger partial charge in [0.05, 0.1) is 12.8 Å². The Labute approximate surface area is 176 Å². The summed E-state index contributed by atoms with van der Waals surface area (Å²) in [4.78, 5) is 27.2. The highest BCUT2D eigenvalue weighted by Crippen LogP contribution is 2.21. The summed E-state index contributed by atoms with van der Waals surface area (Å²) in [5.41, 5.74) is 4.37. The van der Waals surface area contributed by atoms with Gasteiger partial charge in [0.25, 0.3) is 5.91 Å². The van der Waals surface area contributed by atoms with E-state index in [0.29, 0.717) is 17.7 Å². The van der Waals surface area contributed by atoms with Crippen molar-refractivity contribution < 1.29 is 18.8 Å². The van der Waals surface area contributed by atoms with Crippen molar-refractivity contribution in [2.24, 2.45) is 0 Å². The van der Waals surface area contributed by atoms with Crippen LogP contribution in [0.2, 0.25) is 0 Å². The molecule has 1 amide bonds. The lowest BCUT2D eigenvalue weighted by atomic mass is 10.0. The van der Waals surface area contributed by atoms with Crippen LogP contribution in [0.25, 0.3) is 11.3 Å². The highest BCUT2D eigenvalue weighted by atomic mass is 16.5. The lowest BCUT2D eigenvalue weighted by Gasteiger charge is -2.27. The Morgan fingerprint density at radius 1 is 1.07 bits per heavy atom. The van der Waals surface area contributed by atoms with Crippen molar-refractivity contribution >= 4 is 11.9 Å². The molecule has 0 aliphatic carbocycles. The minimum absolute atomic E-state index is 0.210. The molecule has 30 heavy (non-hydrogen) atoms. The highest BCUT2D eigenvalue weighted by Gasteiger charge is 2.29. The quantitative estimate of drug-likeness (QED) is 0.550. The fourth-order valence-corrected chi connectivity index (χ4v) is 3.45. The van der Waals surface area contributed by atoms with Crippen LogP contribution in [0.3, 0.4) is 0 Å². The molecule has 3 rings (SSSR count). The van der Waals surface area contributed by atoms with Crippen molar-refractivity contribution in [3.8, 4) is 11.3 Å². The first kappa shape index (κ1) is 21.3. The maximum absolute atomic E-state index is 13.1. The van der Waals surface area contributed by atoms with E-state index in [0.717, 1.165) is 22.3 Å². The third-order valence-electron chi connectivity index (χ3n) is 4.92. The maximum Gasteiger partial charge on any atom is 0.329 e. The predicted molar refractivity (Wildman–Crippen MR) is 114 cm³/mol. The molecule has 1 aromatic heterocycles. The Hall–Kier alpha value is -3.41. The number of esters is 1. The van der Waals surface area contributed by atoms with Gasteiger partial charge in [-0.15, -0.1) is 0 Å². The molecule has 2 aromatic carbocycles. The second kappa shape index (κ2) is 9.39. The zero-order valence-corrected chi connectivity index (χ0v) is 17.7. The summed E-state index contributed by atoms with van der Waals surface area (Å²) in [5, 5.41) is 3.72. The molecule has 3 aromatic rings. The number of likely N-dealkylation sites (N-methyl/N-ethyl adjacent to an activating group) is 1. The molecule has 6 nitrogen and oxygen atoms in total. The second-order valence-corrected chi connectivity index (χ2v) is 7.34. The molecule has 1 heterocycles. The number of ether oxygens (including phenoxy) is 1. The molecule has 0 aliphatic rings. The van der Waals surface area contributed by atoms with Gasteiger partial charge in [-0.05, 0) is 38.5 Å². The molecule has 0 saturated carbocycles. The van der Waals surface area contributed by atoms with E-state index in [2.05, 4.69) is 5.16 Å². The van der Waals surface area contributed by atoms with Crippen LogP contribution in [-0.4, -0.2) is 41.6 Å². The number of aryl methyl sites for hydroxylation is 2. The SMILES string of the molecule is CCOC(=O)[C@@H](Cc1ccc(-c2ccno2)cc1)N(C)C(=O)c1cc(C)cc(C)c1. The van der Waals surface area contributed by atoms with Crippen LogP contribution in [0, 0.1) is 13.8 Å². The minimum atomic E-state index is -0.727. The summed E-state index contributed by atoms with van der Waals surface area (Å²) in [5.74, 6) is 0.0424. The number of carbonyl (C=O) groups is 2. The summed E-state index contributed by atoms with van der Waals surface area (Å²) in [6.07, 6.45) is 1.94. The van der Waals surface area contributed by atoms with Crippen LogP contribution < -0.4 is 0 Å². The van der Waals surface area contributed by atoms with E-state index in [9.17, 15) is 9.59 Å². The van der Waals surface area contributed by atoms with Crippen LogP contribution >= 0.6 is 0 Å². The van der Waals surface area contributed by atoms with Gasteiger partial charge in [-0.3, -0.25) is 4.79 Å². The van der Waals surface area contributed by atoms with Crippen LogP contribution in [-0.2, 0) is 16.0 Å². The zero-order chi connectivity index (χ0) is 21.7. The van der Waals surface area contributed by atoms with Crippen LogP contribution in [0.1, 0.15) is 34.0 Å². The molecule has 1 atom stereocenters. The van der Waals surface area contributed by atoms with Gasteiger partial charge in [0, 0.05) is 30.7 Å². The minimum Gasteiger partial charge on any atom is -0.464 e. The Balaban J connectivity index is 1.83. The van der Waals surface area contributed by atoms with E-state index < -0.39 is 12.0 Å². The first-order chi connectivity index (χ1) is 14.4. The average molecular weight is 406 g/mol. The fourth-order valence-electron chi connectivity index (χ4n) is 3.45. The number of hydrogen-bond acceptors (Lipinski definition) is 5. The number of benzene rings is 2. The van der Waals surface area contributed by atoms with E-state index in [1.807, 2.05) is 56.3 Å². The maximum atomic E-state index is 13.1. The molecule has 0 N–H and O–H groups in total. The first-order valence-electron chi connectivity index (χ1n) is 9.91. The zero-order valence-electron chi connectivity index (χ0n) is 17.7. The van der Waals surface area contributed by atoms with Gasteiger partial charge < -0.3 is 14.2 Å². The highest BCUT2D eigenvalue weighted by molar-refractivity contribution is 5.97. The molecule has 0 fully saturated rings. The molecule has 0 saturated heterocycles. The Morgan fingerprint density at radius 3 is 2.30 bits per heavy atom. The molecule has 0 spiro atoms. The van der Waals surface area contributed by atoms with Gasteiger partial charge >= 0.3 is 5.97 Å². The normalized spacial score (nSPS) is 11.7. The summed E-state index contributed by atoms with van der Waals surface area (Å²) in [6, 6.07) is 14.4. The molecular formula is C24H26N2O4. The van der Waals surface area contributed by atoms with E-state index in [4.69, 9.17) is 9.26 Å². The van der Waals surface area contributed by atoms with Gasteiger partial charge in [0.2, 0.25) is 0 Å². The van der Waals surface area contributed by atoms with E-state index in [-0.39, 0.29) is 12.5 Å². The number of hydrogen-bond donors (Lipinski definition) is 0. The van der Waals surface area contributed by atoms with Gasteiger partial charge in [0.15, 0.2) is 5.76 Å². The summed E-state index contributed by atoms with van der Waals surface area (Å²) >= 11 is 0. The lowest BCUT2D eigenvalue weighted by molar-refractivity contribution is -0.148. The smallest absolute Gasteiger partial charge is 0.329 e. The lowest BCUT2D eigenvalue weighted by Crippen LogP contribution is -2.44. The van der Waals surface area contributed by atoms with Gasteiger partial charge in [-0.1, -0.05) is 46.6 Å². The third-order valence-corrected chi connectivity index (χ3v) is 4.92. The monoisotopic (exact) mass is 406 g/mol. The van der Waals surface area contributed by atoms with Crippen molar-refractivity contribution in [1.82, 2.24) is 10.1 Å². The summed E-state index contributed by atoms with van der Waals surface area (Å²) < 4.78 is 10.4.